The number of hydrogen-bond acceptors (Lipinski definition) is 5. The summed E-state index contributed by atoms with van der Waals surface area (Å²) in [4.78, 5) is 12.5. The summed E-state index contributed by atoms with van der Waals surface area (Å²) >= 11 is 4.73. The molecule has 2 aromatic carbocycles. The lowest BCUT2D eigenvalue weighted by molar-refractivity contribution is 0.602. The summed E-state index contributed by atoms with van der Waals surface area (Å²) in [5, 5.41) is -0.251. The summed E-state index contributed by atoms with van der Waals surface area (Å²) in [5.41, 5.74) is 4.14. The standard InChI is InChI=1S/C23H20FN3O2S2/c1-31(28,29)19-8-2-15(3-9-19)14-20(30)23-26-21(16-4-6-18(24)7-5-16)22(27-23)17-10-12-25-13-11-17/h2-13,20,30H,14H2,1H3,(H,26,27). The Morgan fingerprint density at radius 1 is 0.968 bits per heavy atom. The number of nitrogens with one attached hydrogen (secondary N) is 1. The minimum absolute atomic E-state index is 0.251. The molecule has 1 N–H and O–H groups in total. The Balaban J connectivity index is 1.67. The van der Waals surface area contributed by atoms with E-state index in [0.717, 1.165) is 22.4 Å². The van der Waals surface area contributed by atoms with Gasteiger partial charge in [-0.25, -0.2) is 17.8 Å². The quantitative estimate of drug-likeness (QED) is 0.408. The van der Waals surface area contributed by atoms with Crippen LogP contribution in [-0.2, 0) is 16.3 Å². The molecule has 2 heterocycles. The summed E-state index contributed by atoms with van der Waals surface area (Å²) in [7, 11) is -3.24. The van der Waals surface area contributed by atoms with Crippen molar-refractivity contribution in [2.45, 2.75) is 16.6 Å². The summed E-state index contributed by atoms with van der Waals surface area (Å²) in [6.07, 6.45) is 5.14. The van der Waals surface area contributed by atoms with E-state index < -0.39 is 9.84 Å². The number of pyridine rings is 1. The van der Waals surface area contributed by atoms with Crippen LogP contribution in [0.15, 0.2) is 78.0 Å². The van der Waals surface area contributed by atoms with Crippen molar-refractivity contribution in [2.75, 3.05) is 6.26 Å². The maximum absolute atomic E-state index is 13.4. The largest absolute Gasteiger partial charge is 0.341 e. The van der Waals surface area contributed by atoms with Gasteiger partial charge in [-0.15, -0.1) is 0 Å². The normalized spacial score (nSPS) is 12.6. The van der Waals surface area contributed by atoms with E-state index in [9.17, 15) is 12.8 Å². The molecule has 8 heteroatoms. The Bertz CT molecular complexity index is 1290. The summed E-state index contributed by atoms with van der Waals surface area (Å²) in [6, 6.07) is 16.7. The van der Waals surface area contributed by atoms with Gasteiger partial charge < -0.3 is 4.98 Å². The number of aromatic amines is 1. The first kappa shape index (κ1) is 21.3. The monoisotopic (exact) mass is 453 g/mol. The number of nitrogens with zero attached hydrogens (tertiary/aromatic N) is 2. The number of rotatable bonds is 6. The molecule has 0 amide bonds. The molecule has 5 nitrogen and oxygen atoms in total. The number of sulfone groups is 1. The van der Waals surface area contributed by atoms with Crippen molar-refractivity contribution in [3.8, 4) is 22.5 Å². The molecule has 0 saturated carbocycles. The molecule has 0 aliphatic rings. The highest BCUT2D eigenvalue weighted by Crippen LogP contribution is 2.33. The number of thiol groups is 1. The molecule has 1 unspecified atom stereocenters. The Morgan fingerprint density at radius 3 is 2.23 bits per heavy atom. The predicted octanol–water partition coefficient (Wildman–Crippen LogP) is 4.89. The molecule has 4 rings (SSSR count). The fourth-order valence-corrected chi connectivity index (χ4v) is 4.25. The lowest BCUT2D eigenvalue weighted by atomic mass is 10.1. The van der Waals surface area contributed by atoms with Gasteiger partial charge in [0, 0.05) is 29.8 Å². The van der Waals surface area contributed by atoms with Gasteiger partial charge in [-0.05, 0) is 60.5 Å². The molecule has 0 spiro atoms. The SMILES string of the molecule is CS(=O)(=O)c1ccc(CC(S)c2nc(-c3ccc(F)cc3)c(-c3ccncc3)[nH]2)cc1. The molecule has 0 fully saturated rings. The zero-order valence-corrected chi connectivity index (χ0v) is 18.4. The maximum Gasteiger partial charge on any atom is 0.175 e. The van der Waals surface area contributed by atoms with Gasteiger partial charge in [0.15, 0.2) is 9.84 Å². The maximum atomic E-state index is 13.4. The lowest BCUT2D eigenvalue weighted by Crippen LogP contribution is -2.00. The molecular weight excluding hydrogens is 433 g/mol. The summed E-state index contributed by atoms with van der Waals surface area (Å²) < 4.78 is 36.7. The van der Waals surface area contributed by atoms with E-state index >= 15 is 0 Å². The number of halogens is 1. The van der Waals surface area contributed by atoms with E-state index in [1.807, 2.05) is 12.1 Å². The average molecular weight is 454 g/mol. The van der Waals surface area contributed by atoms with Crippen LogP contribution in [0.1, 0.15) is 16.6 Å². The second kappa shape index (κ2) is 8.64. The molecule has 2 aromatic heterocycles. The third-order valence-electron chi connectivity index (χ3n) is 4.90. The van der Waals surface area contributed by atoms with Crippen LogP contribution < -0.4 is 0 Å². The van der Waals surface area contributed by atoms with Gasteiger partial charge in [-0.2, -0.15) is 12.6 Å². The highest BCUT2D eigenvalue weighted by atomic mass is 32.2. The van der Waals surface area contributed by atoms with E-state index in [1.54, 1.807) is 48.8 Å². The first-order chi connectivity index (χ1) is 14.8. The average Bonchev–Trinajstić information content (AvgIpc) is 3.20. The summed E-state index contributed by atoms with van der Waals surface area (Å²) in [6.45, 7) is 0. The van der Waals surface area contributed by atoms with E-state index in [2.05, 4.69) is 9.97 Å². The van der Waals surface area contributed by atoms with Crippen LogP contribution in [0.2, 0.25) is 0 Å². The van der Waals surface area contributed by atoms with Crippen molar-refractivity contribution >= 4 is 22.5 Å². The minimum atomic E-state index is -3.24. The predicted molar refractivity (Wildman–Crippen MR) is 122 cm³/mol. The first-order valence-electron chi connectivity index (χ1n) is 9.54. The Labute approximate surface area is 185 Å². The molecule has 0 aliphatic carbocycles. The van der Waals surface area contributed by atoms with Gasteiger partial charge in [0.2, 0.25) is 0 Å². The highest BCUT2D eigenvalue weighted by Gasteiger charge is 2.19. The third kappa shape index (κ3) is 4.86. The van der Waals surface area contributed by atoms with Crippen molar-refractivity contribution in [3.05, 3.63) is 90.3 Å². The van der Waals surface area contributed by atoms with E-state index in [1.165, 1.54) is 18.4 Å². The fourth-order valence-electron chi connectivity index (χ4n) is 3.29. The van der Waals surface area contributed by atoms with Crippen LogP contribution in [0.25, 0.3) is 22.5 Å². The summed E-state index contributed by atoms with van der Waals surface area (Å²) in [5.74, 6) is 0.358. The van der Waals surface area contributed by atoms with Gasteiger partial charge in [0.1, 0.15) is 11.6 Å². The van der Waals surface area contributed by atoms with Crippen LogP contribution in [0.3, 0.4) is 0 Å². The number of hydrogen-bond donors (Lipinski definition) is 2. The zero-order chi connectivity index (χ0) is 22.0. The fraction of sp³-hybridized carbons (Fsp3) is 0.130. The number of benzene rings is 2. The Hall–Kier alpha value is -2.97. The van der Waals surface area contributed by atoms with Gasteiger partial charge in [0.05, 0.1) is 21.5 Å². The van der Waals surface area contributed by atoms with E-state index in [-0.39, 0.29) is 16.0 Å². The second-order valence-electron chi connectivity index (χ2n) is 7.22. The van der Waals surface area contributed by atoms with Gasteiger partial charge in [-0.3, -0.25) is 4.98 Å². The van der Waals surface area contributed by atoms with Crippen LogP contribution in [0.4, 0.5) is 4.39 Å². The van der Waals surface area contributed by atoms with Gasteiger partial charge in [-0.1, -0.05) is 12.1 Å². The first-order valence-corrected chi connectivity index (χ1v) is 12.0. The molecule has 0 radical (unpaired) electrons. The molecule has 4 aromatic rings. The van der Waals surface area contributed by atoms with Crippen LogP contribution >= 0.6 is 12.6 Å². The molecule has 0 saturated heterocycles. The Kier molecular flexibility index (Phi) is 5.93. The number of H-pyrrole nitrogens is 1. The molecular formula is C23H20FN3O2S2. The van der Waals surface area contributed by atoms with E-state index in [0.29, 0.717) is 17.9 Å². The minimum Gasteiger partial charge on any atom is -0.341 e. The van der Waals surface area contributed by atoms with Gasteiger partial charge in [0.25, 0.3) is 0 Å². The van der Waals surface area contributed by atoms with Crippen LogP contribution in [-0.4, -0.2) is 29.6 Å². The number of aromatic nitrogens is 3. The second-order valence-corrected chi connectivity index (χ2v) is 9.86. The van der Waals surface area contributed by atoms with Crippen molar-refractivity contribution < 1.29 is 12.8 Å². The number of imidazole rings is 1. The van der Waals surface area contributed by atoms with E-state index in [4.69, 9.17) is 17.6 Å². The Morgan fingerprint density at radius 2 is 1.61 bits per heavy atom. The van der Waals surface area contributed by atoms with Gasteiger partial charge >= 0.3 is 0 Å². The lowest BCUT2D eigenvalue weighted by Gasteiger charge is -2.08. The van der Waals surface area contributed by atoms with Crippen molar-refractivity contribution in [1.29, 1.82) is 0 Å². The van der Waals surface area contributed by atoms with Crippen LogP contribution in [0.5, 0.6) is 0 Å². The smallest absolute Gasteiger partial charge is 0.175 e. The topological polar surface area (TPSA) is 75.7 Å². The molecule has 31 heavy (non-hydrogen) atoms. The van der Waals surface area contributed by atoms with Crippen molar-refractivity contribution in [1.82, 2.24) is 15.0 Å². The third-order valence-corrected chi connectivity index (χ3v) is 6.46. The molecule has 0 bridgehead atoms. The molecule has 158 valence electrons. The highest BCUT2D eigenvalue weighted by molar-refractivity contribution is 7.90. The zero-order valence-electron chi connectivity index (χ0n) is 16.7. The van der Waals surface area contributed by atoms with Crippen molar-refractivity contribution in [2.24, 2.45) is 0 Å². The van der Waals surface area contributed by atoms with Crippen LogP contribution in [0, 0.1) is 5.82 Å². The molecule has 0 aliphatic heterocycles. The van der Waals surface area contributed by atoms with Crippen molar-refractivity contribution in [3.63, 3.8) is 0 Å². The molecule has 1 atom stereocenters.